The number of aromatic nitrogens is 1. The number of hydrogen-bond donors (Lipinski definition) is 1. The summed E-state index contributed by atoms with van der Waals surface area (Å²) in [4.78, 5) is 8.10. The first-order valence-electron chi connectivity index (χ1n) is 3.46. The minimum absolute atomic E-state index is 0.186. The number of aliphatic imine (C=N–C) groups is 1. The van der Waals surface area contributed by atoms with E-state index in [2.05, 4.69) is 18.7 Å². The van der Waals surface area contributed by atoms with Crippen LogP contribution in [0.25, 0.3) is 0 Å². The first-order chi connectivity index (χ1) is 6.36. The molecule has 0 atom stereocenters. The maximum atomic E-state index is 5.65. The summed E-state index contributed by atoms with van der Waals surface area (Å²) in [6.07, 6.45) is 1.66. The zero-order valence-electron chi connectivity index (χ0n) is 6.41. The number of amidine groups is 1. The molecule has 6 heteroatoms. The van der Waals surface area contributed by atoms with Gasteiger partial charge in [0, 0.05) is 0 Å². The Kier molecular flexibility index (Phi) is 2.74. The van der Waals surface area contributed by atoms with Gasteiger partial charge in [-0.1, -0.05) is 0 Å². The molecule has 1 aliphatic heterocycles. The molecule has 0 amide bonds. The van der Waals surface area contributed by atoms with Crippen molar-refractivity contribution >= 4 is 21.7 Å². The molecular formula is C7H5ClIN4-. The van der Waals surface area contributed by atoms with E-state index in [-0.39, 0.29) is 21.5 Å². The molecule has 0 saturated heterocycles. The van der Waals surface area contributed by atoms with Gasteiger partial charge < -0.3 is 0 Å². The number of halogens is 2. The van der Waals surface area contributed by atoms with Crippen molar-refractivity contribution in [3.05, 3.63) is 29.0 Å². The number of pyridine rings is 1. The second-order valence-corrected chi connectivity index (χ2v) is 4.27. The number of hydrazone groups is 1. The Labute approximate surface area is 90.7 Å². The van der Waals surface area contributed by atoms with Gasteiger partial charge >= 0.3 is 90.9 Å². The zero-order valence-corrected chi connectivity index (χ0v) is 9.32. The van der Waals surface area contributed by atoms with Crippen molar-refractivity contribution in [1.29, 1.82) is 0 Å². The van der Waals surface area contributed by atoms with Crippen LogP contribution in [0, 0.1) is 0 Å². The van der Waals surface area contributed by atoms with Crippen molar-refractivity contribution in [2.45, 2.75) is 0 Å². The van der Waals surface area contributed by atoms with Crippen LogP contribution in [0.5, 0.6) is 0 Å². The van der Waals surface area contributed by atoms with Crippen molar-refractivity contribution in [2.75, 3.05) is 0 Å². The summed E-state index contributed by atoms with van der Waals surface area (Å²) in [6, 6.07) is 3.56. The second kappa shape index (κ2) is 4.01. The predicted octanol–water partition coefficient (Wildman–Crippen LogP) is -1.97. The van der Waals surface area contributed by atoms with Crippen LogP contribution in [0.15, 0.2) is 28.4 Å². The third-order valence-corrected chi connectivity index (χ3v) is 2.70. The molecule has 1 aliphatic rings. The van der Waals surface area contributed by atoms with E-state index in [4.69, 9.17) is 11.6 Å². The van der Waals surface area contributed by atoms with Crippen molar-refractivity contribution in [1.82, 2.24) is 8.62 Å². The van der Waals surface area contributed by atoms with Crippen molar-refractivity contribution in [3.63, 3.8) is 0 Å². The molecule has 1 aromatic rings. The Morgan fingerprint density at radius 3 is 2.92 bits per heavy atom. The Morgan fingerprint density at radius 2 is 2.31 bits per heavy atom. The molecule has 1 aromatic heterocycles. The molecule has 68 valence electrons. The van der Waals surface area contributed by atoms with Crippen LogP contribution in [0.2, 0.25) is 5.15 Å². The van der Waals surface area contributed by atoms with Crippen LogP contribution in [-0.4, -0.2) is 15.0 Å². The third-order valence-electron chi connectivity index (χ3n) is 1.40. The zero-order chi connectivity index (χ0) is 9.10. The summed E-state index contributed by atoms with van der Waals surface area (Å²) in [7, 11) is 0. The van der Waals surface area contributed by atoms with E-state index >= 15 is 0 Å². The Bertz CT molecular complexity index is 359. The quantitative estimate of drug-likeness (QED) is 0.372. The molecule has 0 spiro atoms. The van der Waals surface area contributed by atoms with Crippen LogP contribution in [0.1, 0.15) is 5.56 Å². The van der Waals surface area contributed by atoms with Crippen LogP contribution < -0.4 is 25.1 Å². The molecule has 0 fully saturated rings. The molecule has 1 N–H and O–H groups in total. The summed E-state index contributed by atoms with van der Waals surface area (Å²) in [5, 5.41) is 4.54. The van der Waals surface area contributed by atoms with Crippen molar-refractivity contribution in [2.24, 2.45) is 10.1 Å². The summed E-state index contributed by atoms with van der Waals surface area (Å²) in [6.45, 7) is 0. The monoisotopic (exact) mass is 307 g/mol. The fraction of sp³-hybridized carbons (Fsp3) is 0. The number of hydrogen-bond acceptors (Lipinski definition) is 4. The van der Waals surface area contributed by atoms with E-state index in [0.29, 0.717) is 11.0 Å². The van der Waals surface area contributed by atoms with Gasteiger partial charge in [0.05, 0.1) is 0 Å². The van der Waals surface area contributed by atoms with Gasteiger partial charge in [-0.15, -0.1) is 0 Å². The predicted molar refractivity (Wildman–Crippen MR) is 47.4 cm³/mol. The van der Waals surface area contributed by atoms with E-state index in [1.54, 1.807) is 12.3 Å². The van der Waals surface area contributed by atoms with Crippen LogP contribution >= 0.6 is 11.6 Å². The molecule has 2 heterocycles. The second-order valence-electron chi connectivity index (χ2n) is 2.23. The third kappa shape index (κ3) is 2.16. The number of nitrogens with one attached hydrogen (secondary N) is 1. The normalized spacial score (nSPS) is 15.6. The summed E-state index contributed by atoms with van der Waals surface area (Å²) in [5.74, 6) is 0.662. The van der Waals surface area contributed by atoms with Gasteiger partial charge in [-0.3, -0.25) is 0 Å². The maximum absolute atomic E-state index is 5.65. The summed E-state index contributed by atoms with van der Waals surface area (Å²) < 4.78 is 4.81. The standard InChI is InChI=1S/C7H5ClIN4/c8-6-2-1-5(3-10-6)7-11-4-9-13-12-7/h1-4,13H/q-1. The fourth-order valence-electron chi connectivity index (χ4n) is 0.833. The molecule has 0 radical (unpaired) electrons. The Morgan fingerprint density at radius 1 is 1.38 bits per heavy atom. The molecular weight excluding hydrogens is 302 g/mol. The SMILES string of the molecule is Clc1ccc(C2=NN[I-]C=N2)cn1. The van der Waals surface area contributed by atoms with E-state index in [0.717, 1.165) is 5.56 Å². The molecule has 0 saturated carbocycles. The molecule has 0 bridgehead atoms. The molecule has 0 aromatic carbocycles. The van der Waals surface area contributed by atoms with Gasteiger partial charge in [-0.25, -0.2) is 0 Å². The van der Waals surface area contributed by atoms with Crippen LogP contribution in [-0.2, 0) is 0 Å². The molecule has 0 unspecified atom stereocenters. The van der Waals surface area contributed by atoms with E-state index in [9.17, 15) is 0 Å². The van der Waals surface area contributed by atoms with Gasteiger partial charge in [0.2, 0.25) is 0 Å². The first kappa shape index (κ1) is 8.89. The number of nitrogens with zero attached hydrogens (tertiary/aromatic N) is 3. The van der Waals surface area contributed by atoms with E-state index < -0.39 is 0 Å². The first-order valence-corrected chi connectivity index (χ1v) is 6.16. The molecule has 0 aliphatic carbocycles. The van der Waals surface area contributed by atoms with Crippen LogP contribution in [0.3, 0.4) is 0 Å². The van der Waals surface area contributed by atoms with E-state index in [1.165, 1.54) is 0 Å². The molecule has 13 heavy (non-hydrogen) atoms. The van der Waals surface area contributed by atoms with Gasteiger partial charge in [0.1, 0.15) is 0 Å². The fourth-order valence-corrected chi connectivity index (χ4v) is 1.84. The van der Waals surface area contributed by atoms with Crippen molar-refractivity contribution < 1.29 is 21.5 Å². The van der Waals surface area contributed by atoms with Gasteiger partial charge in [0.25, 0.3) is 0 Å². The van der Waals surface area contributed by atoms with E-state index in [1.807, 2.05) is 10.3 Å². The molecule has 2 rings (SSSR count). The number of rotatable bonds is 1. The topological polar surface area (TPSA) is 49.6 Å². The van der Waals surface area contributed by atoms with Gasteiger partial charge in [0.15, 0.2) is 0 Å². The minimum atomic E-state index is -0.186. The Balaban J connectivity index is 2.30. The molecule has 4 nitrogen and oxygen atoms in total. The average molecular weight is 308 g/mol. The summed E-state index contributed by atoms with van der Waals surface area (Å²) in [5.41, 5.74) is 0.872. The summed E-state index contributed by atoms with van der Waals surface area (Å²) >= 11 is 5.46. The average Bonchev–Trinajstić information content (AvgIpc) is 2.20. The van der Waals surface area contributed by atoms with Crippen LogP contribution in [0.4, 0.5) is 0 Å². The van der Waals surface area contributed by atoms with Crippen molar-refractivity contribution in [3.8, 4) is 0 Å². The van der Waals surface area contributed by atoms with Gasteiger partial charge in [-0.05, 0) is 0 Å². The Hall–Kier alpha value is -0.690. The van der Waals surface area contributed by atoms with Gasteiger partial charge in [-0.2, -0.15) is 0 Å².